The molecule has 15 heavy (non-hydrogen) atoms. The number of halogens is 1. The van der Waals surface area contributed by atoms with E-state index in [1.165, 1.54) is 11.1 Å². The van der Waals surface area contributed by atoms with Gasteiger partial charge in [0.05, 0.1) is 6.04 Å². The molecule has 0 radical (unpaired) electrons. The van der Waals surface area contributed by atoms with Crippen molar-refractivity contribution in [3.63, 3.8) is 0 Å². The molecule has 3 heteroatoms. The molecule has 0 heterocycles. The number of hydrogen-bond acceptors (Lipinski definition) is 2. The Morgan fingerprint density at radius 3 is 2.93 bits per heavy atom. The van der Waals surface area contributed by atoms with Crippen molar-refractivity contribution >= 4 is 17.9 Å². The number of carbonyl (C=O) groups excluding carboxylic acids is 1. The highest BCUT2D eigenvalue weighted by molar-refractivity contribution is 6.31. The molecule has 0 aliphatic heterocycles. The van der Waals surface area contributed by atoms with Gasteiger partial charge in [-0.15, -0.1) is 0 Å². The molecule has 0 fully saturated rings. The molecule has 2 nitrogen and oxygen atoms in total. The van der Waals surface area contributed by atoms with Gasteiger partial charge in [0.2, 0.25) is 0 Å². The van der Waals surface area contributed by atoms with Gasteiger partial charge in [-0.2, -0.15) is 0 Å². The second-order valence-electron chi connectivity index (χ2n) is 4.00. The Bertz CT molecular complexity index is 378. The molecule has 1 aromatic rings. The smallest absolute Gasteiger partial charge is 0.137 e. The monoisotopic (exact) mass is 223 g/mol. The molecule has 0 saturated carbocycles. The highest BCUT2D eigenvalue weighted by atomic mass is 35.5. The Hall–Kier alpha value is -0.860. The molecule has 2 unspecified atom stereocenters. The van der Waals surface area contributed by atoms with Crippen LogP contribution in [0.2, 0.25) is 5.02 Å². The van der Waals surface area contributed by atoms with Crippen LogP contribution in [0.1, 0.15) is 11.1 Å². The fourth-order valence-electron chi connectivity index (χ4n) is 2.31. The summed E-state index contributed by atoms with van der Waals surface area (Å²) < 4.78 is 0. The topological polar surface area (TPSA) is 29.1 Å². The summed E-state index contributed by atoms with van der Waals surface area (Å²) in [5.74, 6) is 0.349. The van der Waals surface area contributed by atoms with Crippen molar-refractivity contribution in [3.8, 4) is 0 Å². The third-order valence-electron chi connectivity index (χ3n) is 3.15. The fraction of sp³-hybridized carbons (Fsp3) is 0.417. The van der Waals surface area contributed by atoms with E-state index < -0.39 is 0 Å². The second-order valence-corrected chi connectivity index (χ2v) is 4.40. The predicted molar refractivity (Wildman–Crippen MR) is 61.3 cm³/mol. The molecule has 2 atom stereocenters. The molecule has 0 spiro atoms. The maximum absolute atomic E-state index is 10.9. The van der Waals surface area contributed by atoms with Crippen molar-refractivity contribution < 1.29 is 4.79 Å². The van der Waals surface area contributed by atoms with Crippen molar-refractivity contribution in [2.45, 2.75) is 18.9 Å². The van der Waals surface area contributed by atoms with Crippen molar-refractivity contribution in [1.29, 1.82) is 0 Å². The fourth-order valence-corrected chi connectivity index (χ4v) is 2.58. The lowest BCUT2D eigenvalue weighted by Gasteiger charge is -2.16. The number of aldehydes is 1. The molecule has 0 aromatic heterocycles. The van der Waals surface area contributed by atoms with Gasteiger partial charge in [0.1, 0.15) is 6.29 Å². The van der Waals surface area contributed by atoms with Crippen LogP contribution in [0.5, 0.6) is 0 Å². The van der Waals surface area contributed by atoms with E-state index in [9.17, 15) is 4.79 Å². The number of rotatable bonds is 3. The molecule has 1 aromatic carbocycles. The van der Waals surface area contributed by atoms with E-state index in [0.717, 1.165) is 24.2 Å². The first kappa shape index (κ1) is 10.7. The highest BCUT2D eigenvalue weighted by Crippen LogP contribution is 2.33. The summed E-state index contributed by atoms with van der Waals surface area (Å²) in [5, 5.41) is 3.87. The summed E-state index contributed by atoms with van der Waals surface area (Å²) in [5.41, 5.74) is 2.50. The summed E-state index contributed by atoms with van der Waals surface area (Å²) in [7, 11) is 1.82. The minimum atomic E-state index is -0.0616. The van der Waals surface area contributed by atoms with Gasteiger partial charge in [-0.25, -0.2) is 0 Å². The first-order valence-corrected chi connectivity index (χ1v) is 5.53. The molecule has 2 rings (SSSR count). The molecule has 1 N–H and O–H groups in total. The summed E-state index contributed by atoms with van der Waals surface area (Å²) in [6, 6.07) is 5.92. The van der Waals surface area contributed by atoms with E-state index in [-0.39, 0.29) is 6.04 Å². The van der Waals surface area contributed by atoms with E-state index in [4.69, 9.17) is 11.6 Å². The summed E-state index contributed by atoms with van der Waals surface area (Å²) in [6.45, 7) is 0. The van der Waals surface area contributed by atoms with Gasteiger partial charge in [-0.1, -0.05) is 23.7 Å². The first-order chi connectivity index (χ1) is 7.26. The zero-order valence-corrected chi connectivity index (χ0v) is 9.42. The maximum Gasteiger partial charge on any atom is 0.137 e. The SMILES string of the molecule is CNC(C=O)C1Cc2cccc(Cl)c2C1. The molecule has 1 aliphatic rings. The number of nitrogens with one attached hydrogen (secondary N) is 1. The van der Waals surface area contributed by atoms with Crippen molar-refractivity contribution in [3.05, 3.63) is 34.3 Å². The Morgan fingerprint density at radius 2 is 2.33 bits per heavy atom. The zero-order valence-electron chi connectivity index (χ0n) is 8.66. The van der Waals surface area contributed by atoms with Gasteiger partial charge in [0, 0.05) is 5.02 Å². The van der Waals surface area contributed by atoms with E-state index in [1.807, 2.05) is 19.2 Å². The zero-order chi connectivity index (χ0) is 10.8. The Kier molecular flexibility index (Phi) is 3.08. The third kappa shape index (κ3) is 1.92. The standard InChI is InChI=1S/C12H14ClNO/c1-14-12(7-15)9-5-8-3-2-4-11(13)10(8)6-9/h2-4,7,9,12,14H,5-6H2,1H3. The molecule has 0 amide bonds. The third-order valence-corrected chi connectivity index (χ3v) is 3.51. The Morgan fingerprint density at radius 1 is 1.53 bits per heavy atom. The number of hydrogen-bond donors (Lipinski definition) is 1. The number of fused-ring (bicyclic) bond motifs is 1. The highest BCUT2D eigenvalue weighted by Gasteiger charge is 2.28. The molecular weight excluding hydrogens is 210 g/mol. The number of carbonyl (C=O) groups is 1. The van der Waals surface area contributed by atoms with Crippen LogP contribution in [0, 0.1) is 5.92 Å². The van der Waals surface area contributed by atoms with Crippen LogP contribution in [-0.4, -0.2) is 19.4 Å². The average Bonchev–Trinajstić information content (AvgIpc) is 2.65. The summed E-state index contributed by atoms with van der Waals surface area (Å²) in [6.07, 6.45) is 2.84. The molecule has 1 aliphatic carbocycles. The van der Waals surface area contributed by atoms with Gasteiger partial charge in [-0.3, -0.25) is 0 Å². The van der Waals surface area contributed by atoms with Gasteiger partial charge in [-0.05, 0) is 43.0 Å². The lowest BCUT2D eigenvalue weighted by molar-refractivity contribution is -0.110. The van der Waals surface area contributed by atoms with Crippen molar-refractivity contribution in [1.82, 2.24) is 5.32 Å². The lowest BCUT2D eigenvalue weighted by atomic mass is 9.98. The van der Waals surface area contributed by atoms with Crippen LogP contribution in [0.25, 0.3) is 0 Å². The van der Waals surface area contributed by atoms with Crippen molar-refractivity contribution in [2.75, 3.05) is 7.05 Å². The molecule has 0 saturated heterocycles. The summed E-state index contributed by atoms with van der Waals surface area (Å²) in [4.78, 5) is 10.9. The largest absolute Gasteiger partial charge is 0.311 e. The Labute approximate surface area is 94.6 Å². The van der Waals surface area contributed by atoms with E-state index >= 15 is 0 Å². The van der Waals surface area contributed by atoms with Crippen LogP contribution < -0.4 is 5.32 Å². The van der Waals surface area contributed by atoms with Crippen LogP contribution in [-0.2, 0) is 17.6 Å². The number of likely N-dealkylation sites (N-methyl/N-ethyl adjacent to an activating group) is 1. The second kappa shape index (κ2) is 4.33. The molecule has 0 bridgehead atoms. The van der Waals surface area contributed by atoms with E-state index in [0.29, 0.717) is 5.92 Å². The predicted octanol–water partition coefficient (Wildman–Crippen LogP) is 1.84. The van der Waals surface area contributed by atoms with Crippen LogP contribution >= 0.6 is 11.6 Å². The molecular formula is C12H14ClNO. The Balaban J connectivity index is 2.22. The maximum atomic E-state index is 10.9. The first-order valence-electron chi connectivity index (χ1n) is 5.15. The normalized spacial score (nSPS) is 21.1. The van der Waals surface area contributed by atoms with Gasteiger partial charge >= 0.3 is 0 Å². The van der Waals surface area contributed by atoms with Gasteiger partial charge in [0.25, 0.3) is 0 Å². The van der Waals surface area contributed by atoms with E-state index in [2.05, 4.69) is 11.4 Å². The van der Waals surface area contributed by atoms with Crippen LogP contribution in [0.4, 0.5) is 0 Å². The van der Waals surface area contributed by atoms with Gasteiger partial charge < -0.3 is 10.1 Å². The minimum Gasteiger partial charge on any atom is -0.311 e. The van der Waals surface area contributed by atoms with Gasteiger partial charge in [0.15, 0.2) is 0 Å². The van der Waals surface area contributed by atoms with E-state index in [1.54, 1.807) is 0 Å². The van der Waals surface area contributed by atoms with Crippen LogP contribution in [0.15, 0.2) is 18.2 Å². The van der Waals surface area contributed by atoms with Crippen molar-refractivity contribution in [2.24, 2.45) is 5.92 Å². The number of benzene rings is 1. The minimum absolute atomic E-state index is 0.0616. The van der Waals surface area contributed by atoms with Crippen LogP contribution in [0.3, 0.4) is 0 Å². The quantitative estimate of drug-likeness (QED) is 0.793. The molecule has 80 valence electrons. The lowest BCUT2D eigenvalue weighted by Crippen LogP contribution is -2.35. The average molecular weight is 224 g/mol. The summed E-state index contributed by atoms with van der Waals surface area (Å²) >= 11 is 6.12.